The normalized spacial score (nSPS) is 15.1. The second-order valence-corrected chi connectivity index (χ2v) is 6.06. The maximum absolute atomic E-state index is 12.4. The maximum Gasteiger partial charge on any atom is 0.253 e. The number of nitrogens with one attached hydrogen (secondary N) is 1. The molecule has 1 aromatic carbocycles. The summed E-state index contributed by atoms with van der Waals surface area (Å²) in [5, 5.41) is 2.95. The molecule has 1 N–H and O–H groups in total. The molecule has 2 aromatic rings. The predicted molar refractivity (Wildman–Crippen MR) is 92.7 cm³/mol. The number of carbonyl (C=O) groups is 2. The molecule has 1 aromatic heterocycles. The summed E-state index contributed by atoms with van der Waals surface area (Å²) in [6.07, 6.45) is 3.08. The highest BCUT2D eigenvalue weighted by Crippen LogP contribution is 2.21. The Labute approximate surface area is 141 Å². The van der Waals surface area contributed by atoms with Crippen molar-refractivity contribution in [3.05, 3.63) is 59.9 Å². The Morgan fingerprint density at radius 2 is 1.79 bits per heavy atom. The average molecular weight is 323 g/mol. The van der Waals surface area contributed by atoms with Crippen molar-refractivity contribution in [2.24, 2.45) is 5.92 Å². The van der Waals surface area contributed by atoms with E-state index in [4.69, 9.17) is 0 Å². The van der Waals surface area contributed by atoms with Crippen LogP contribution in [0, 0.1) is 12.8 Å². The van der Waals surface area contributed by atoms with Gasteiger partial charge in [0.2, 0.25) is 5.91 Å². The third-order valence-corrected chi connectivity index (χ3v) is 4.44. The molecule has 0 spiro atoms. The van der Waals surface area contributed by atoms with Gasteiger partial charge in [-0.3, -0.25) is 14.6 Å². The summed E-state index contributed by atoms with van der Waals surface area (Å²) < 4.78 is 0. The van der Waals surface area contributed by atoms with Crippen molar-refractivity contribution in [2.45, 2.75) is 19.8 Å². The molecule has 1 fully saturated rings. The molecule has 1 aliphatic rings. The summed E-state index contributed by atoms with van der Waals surface area (Å²) in [7, 11) is 0. The summed E-state index contributed by atoms with van der Waals surface area (Å²) in [4.78, 5) is 30.9. The van der Waals surface area contributed by atoms with Crippen molar-refractivity contribution < 1.29 is 9.59 Å². The SMILES string of the molecule is Cc1ncccc1NC(=O)C1CCN(C(=O)c2ccccc2)CC1. The van der Waals surface area contributed by atoms with Gasteiger partial charge in [0, 0.05) is 30.8 Å². The molecule has 2 heterocycles. The van der Waals surface area contributed by atoms with Gasteiger partial charge in [0.15, 0.2) is 0 Å². The lowest BCUT2D eigenvalue weighted by atomic mass is 9.95. The standard InChI is InChI=1S/C19H21N3O2/c1-14-17(8-5-11-20-14)21-18(23)15-9-12-22(13-10-15)19(24)16-6-3-2-4-7-16/h2-8,11,15H,9-10,12-13H2,1H3,(H,21,23). The molecule has 24 heavy (non-hydrogen) atoms. The lowest BCUT2D eigenvalue weighted by Gasteiger charge is -2.31. The zero-order valence-corrected chi connectivity index (χ0v) is 13.7. The van der Waals surface area contributed by atoms with E-state index in [1.54, 1.807) is 6.20 Å². The van der Waals surface area contributed by atoms with Crippen LogP contribution in [0.15, 0.2) is 48.7 Å². The van der Waals surface area contributed by atoms with Gasteiger partial charge in [-0.05, 0) is 44.0 Å². The topological polar surface area (TPSA) is 62.3 Å². The largest absolute Gasteiger partial charge is 0.339 e. The fourth-order valence-corrected chi connectivity index (χ4v) is 2.96. The Kier molecular flexibility index (Phi) is 4.89. The van der Waals surface area contributed by atoms with Gasteiger partial charge in [-0.25, -0.2) is 0 Å². The first kappa shape index (κ1) is 16.2. The summed E-state index contributed by atoms with van der Waals surface area (Å²) >= 11 is 0. The number of benzene rings is 1. The molecule has 1 aliphatic heterocycles. The van der Waals surface area contributed by atoms with Gasteiger partial charge in [-0.15, -0.1) is 0 Å². The number of hydrogen-bond donors (Lipinski definition) is 1. The van der Waals surface area contributed by atoms with Crippen molar-refractivity contribution in [2.75, 3.05) is 18.4 Å². The molecule has 5 heteroatoms. The van der Waals surface area contributed by atoms with E-state index in [-0.39, 0.29) is 17.7 Å². The number of amides is 2. The first-order valence-electron chi connectivity index (χ1n) is 8.22. The minimum atomic E-state index is -0.0653. The van der Waals surface area contributed by atoms with E-state index in [0.717, 1.165) is 11.4 Å². The summed E-state index contributed by atoms with van der Waals surface area (Å²) in [5.41, 5.74) is 2.26. The molecule has 1 saturated heterocycles. The Hall–Kier alpha value is -2.69. The predicted octanol–water partition coefficient (Wildman–Crippen LogP) is 2.88. The Morgan fingerprint density at radius 3 is 2.46 bits per heavy atom. The van der Waals surface area contributed by atoms with Gasteiger partial charge in [0.05, 0.1) is 11.4 Å². The number of aryl methyl sites for hydroxylation is 1. The Bertz CT molecular complexity index is 722. The fourth-order valence-electron chi connectivity index (χ4n) is 2.96. The quantitative estimate of drug-likeness (QED) is 0.945. The maximum atomic E-state index is 12.4. The molecular formula is C19H21N3O2. The van der Waals surface area contributed by atoms with Gasteiger partial charge in [0.25, 0.3) is 5.91 Å². The van der Waals surface area contributed by atoms with Crippen molar-refractivity contribution in [1.29, 1.82) is 0 Å². The van der Waals surface area contributed by atoms with E-state index in [0.29, 0.717) is 31.5 Å². The Balaban J connectivity index is 1.56. The van der Waals surface area contributed by atoms with Gasteiger partial charge < -0.3 is 10.2 Å². The zero-order valence-electron chi connectivity index (χ0n) is 13.7. The lowest BCUT2D eigenvalue weighted by molar-refractivity contribution is -0.121. The fraction of sp³-hybridized carbons (Fsp3) is 0.316. The van der Waals surface area contributed by atoms with Crippen LogP contribution in [0.1, 0.15) is 28.9 Å². The molecule has 3 rings (SSSR count). The van der Waals surface area contributed by atoms with Crippen molar-refractivity contribution >= 4 is 17.5 Å². The second-order valence-electron chi connectivity index (χ2n) is 6.06. The van der Waals surface area contributed by atoms with Gasteiger partial charge in [-0.1, -0.05) is 18.2 Å². The highest BCUT2D eigenvalue weighted by atomic mass is 16.2. The van der Waals surface area contributed by atoms with Crippen LogP contribution in [0.3, 0.4) is 0 Å². The monoisotopic (exact) mass is 323 g/mol. The van der Waals surface area contributed by atoms with Gasteiger partial charge in [0.1, 0.15) is 0 Å². The molecule has 0 aliphatic carbocycles. The van der Waals surface area contributed by atoms with Crippen LogP contribution >= 0.6 is 0 Å². The van der Waals surface area contributed by atoms with Crippen LogP contribution in [0.4, 0.5) is 5.69 Å². The smallest absolute Gasteiger partial charge is 0.253 e. The van der Waals surface area contributed by atoms with Gasteiger partial charge >= 0.3 is 0 Å². The molecule has 0 unspecified atom stereocenters. The summed E-state index contributed by atoms with van der Waals surface area (Å²) in [6, 6.07) is 12.9. The van der Waals surface area contributed by atoms with Crippen molar-refractivity contribution in [1.82, 2.24) is 9.88 Å². The molecular weight excluding hydrogens is 302 g/mol. The second kappa shape index (κ2) is 7.25. The number of nitrogens with zero attached hydrogens (tertiary/aromatic N) is 2. The van der Waals surface area contributed by atoms with E-state index in [9.17, 15) is 9.59 Å². The van der Waals surface area contributed by atoms with Crippen LogP contribution < -0.4 is 5.32 Å². The highest BCUT2D eigenvalue weighted by molar-refractivity contribution is 5.95. The van der Waals surface area contributed by atoms with E-state index in [2.05, 4.69) is 10.3 Å². The molecule has 2 amide bonds. The van der Waals surface area contributed by atoms with Gasteiger partial charge in [-0.2, -0.15) is 0 Å². The molecule has 0 radical (unpaired) electrons. The summed E-state index contributed by atoms with van der Waals surface area (Å²) in [5.74, 6) is -0.0140. The van der Waals surface area contributed by atoms with Crippen molar-refractivity contribution in [3.8, 4) is 0 Å². The molecule has 0 saturated carbocycles. The minimum absolute atomic E-state index is 0.0120. The van der Waals surface area contributed by atoms with Crippen LogP contribution in [0.5, 0.6) is 0 Å². The number of rotatable bonds is 3. The van der Waals surface area contributed by atoms with Crippen LogP contribution in [-0.4, -0.2) is 34.8 Å². The molecule has 124 valence electrons. The van der Waals surface area contributed by atoms with E-state index >= 15 is 0 Å². The first-order chi connectivity index (χ1) is 11.6. The molecule has 0 atom stereocenters. The third-order valence-electron chi connectivity index (χ3n) is 4.44. The molecule has 0 bridgehead atoms. The number of carbonyl (C=O) groups excluding carboxylic acids is 2. The van der Waals surface area contributed by atoms with E-state index < -0.39 is 0 Å². The number of piperidine rings is 1. The van der Waals surface area contributed by atoms with E-state index in [1.807, 2.05) is 54.3 Å². The Morgan fingerprint density at radius 1 is 1.08 bits per heavy atom. The number of anilines is 1. The first-order valence-corrected chi connectivity index (χ1v) is 8.22. The van der Waals surface area contributed by atoms with Crippen molar-refractivity contribution in [3.63, 3.8) is 0 Å². The summed E-state index contributed by atoms with van der Waals surface area (Å²) in [6.45, 7) is 3.09. The third kappa shape index (κ3) is 3.62. The zero-order chi connectivity index (χ0) is 16.9. The molecule has 5 nitrogen and oxygen atoms in total. The van der Waals surface area contributed by atoms with Crippen LogP contribution in [-0.2, 0) is 4.79 Å². The number of likely N-dealkylation sites (tertiary alicyclic amines) is 1. The number of pyridine rings is 1. The van der Waals surface area contributed by atoms with Crippen LogP contribution in [0.2, 0.25) is 0 Å². The van der Waals surface area contributed by atoms with E-state index in [1.165, 1.54) is 0 Å². The minimum Gasteiger partial charge on any atom is -0.339 e. The highest BCUT2D eigenvalue weighted by Gasteiger charge is 2.28. The average Bonchev–Trinajstić information content (AvgIpc) is 2.64. The van der Waals surface area contributed by atoms with Crippen LogP contribution in [0.25, 0.3) is 0 Å². The lowest BCUT2D eigenvalue weighted by Crippen LogP contribution is -2.41. The number of aromatic nitrogens is 1. The number of hydrogen-bond acceptors (Lipinski definition) is 3.